The van der Waals surface area contributed by atoms with Gasteiger partial charge in [0, 0.05) is 43.6 Å². The van der Waals surface area contributed by atoms with Gasteiger partial charge in [-0.15, -0.1) is 0 Å². The van der Waals surface area contributed by atoms with Crippen LogP contribution in [0.4, 0.5) is 0 Å². The molecule has 0 saturated carbocycles. The summed E-state index contributed by atoms with van der Waals surface area (Å²) in [7, 11) is 0. The van der Waals surface area contributed by atoms with E-state index >= 15 is 0 Å². The van der Waals surface area contributed by atoms with E-state index in [2.05, 4.69) is 117 Å². The Labute approximate surface area is 195 Å². The van der Waals surface area contributed by atoms with Crippen LogP contribution >= 0.6 is 0 Å². The second-order valence-electron chi connectivity index (χ2n) is 6.82. The smallest absolute Gasteiger partial charge is 0.662 e. The van der Waals surface area contributed by atoms with Gasteiger partial charge in [0.05, 0.1) is 0 Å². The minimum Gasteiger partial charge on any atom is -0.662 e. The molecular formula is C26H21N2O6-. The van der Waals surface area contributed by atoms with Crippen LogP contribution in [0.2, 0.25) is 0 Å². The van der Waals surface area contributed by atoms with E-state index in [1.807, 2.05) is 0 Å². The van der Waals surface area contributed by atoms with Gasteiger partial charge in [0.2, 0.25) is 0 Å². The molecule has 0 atom stereocenters. The molecule has 0 spiro atoms. The van der Waals surface area contributed by atoms with Gasteiger partial charge in [-0.2, -0.15) is 0 Å². The van der Waals surface area contributed by atoms with Crippen molar-refractivity contribution in [1.82, 2.24) is 9.97 Å². The van der Waals surface area contributed by atoms with Crippen molar-refractivity contribution in [2.75, 3.05) is 0 Å². The number of nitrogens with one attached hydrogen (secondary N) is 2. The highest BCUT2D eigenvalue weighted by Gasteiger charge is 2.01. The third-order valence-electron chi connectivity index (χ3n) is 4.91. The maximum absolute atomic E-state index is 8.64. The number of aromatic amines is 2. The van der Waals surface area contributed by atoms with E-state index in [-0.39, 0.29) is 14.4 Å². The summed E-state index contributed by atoms with van der Waals surface area (Å²) in [6.07, 6.45) is 0. The Morgan fingerprint density at radius 1 is 0.500 bits per heavy atom. The van der Waals surface area contributed by atoms with Crippen molar-refractivity contribution < 1.29 is 31.3 Å². The number of fused-ring (bicyclic) bond motifs is 6. The van der Waals surface area contributed by atoms with Crippen LogP contribution in [-0.4, -0.2) is 22.9 Å². The molecule has 0 saturated heterocycles. The molecule has 0 aliphatic heterocycles. The van der Waals surface area contributed by atoms with Crippen LogP contribution in [0.5, 0.6) is 0 Å². The Balaban J connectivity index is 0.000000187. The van der Waals surface area contributed by atoms with Crippen LogP contribution in [-0.2, 0) is 19.4 Å². The number of carbonyl (C=O) groups is 2. The van der Waals surface area contributed by atoms with Crippen LogP contribution < -0.4 is 10.5 Å². The quantitative estimate of drug-likeness (QED) is 0.232. The second-order valence-corrected chi connectivity index (χ2v) is 6.82. The maximum Gasteiger partial charge on any atom is 1.00 e. The third-order valence-corrected chi connectivity index (χ3v) is 4.91. The highest BCUT2D eigenvalue weighted by atomic mass is 17.1. The topological polar surface area (TPSA) is 130 Å². The molecule has 172 valence electrons. The minimum atomic E-state index is -0.181. The van der Waals surface area contributed by atoms with E-state index in [9.17, 15) is 0 Å². The molecule has 0 bridgehead atoms. The van der Waals surface area contributed by atoms with Gasteiger partial charge in [0.1, 0.15) is 0 Å². The fourth-order valence-corrected chi connectivity index (χ4v) is 3.60. The number of hydrogen-bond acceptors (Lipinski definition) is 6. The van der Waals surface area contributed by atoms with Gasteiger partial charge in [-0.3, -0.25) is 9.59 Å². The molecule has 0 aliphatic carbocycles. The van der Waals surface area contributed by atoms with E-state index in [1.54, 1.807) is 0 Å². The lowest BCUT2D eigenvalue weighted by Crippen LogP contribution is -2.00. The Morgan fingerprint density at radius 3 is 0.912 bits per heavy atom. The van der Waals surface area contributed by atoms with Gasteiger partial charge < -0.3 is 30.3 Å². The summed E-state index contributed by atoms with van der Waals surface area (Å²) in [6.45, 7) is -0.361. The molecule has 6 rings (SSSR count). The fraction of sp³-hybridized carbons (Fsp3) is 0. The second kappa shape index (κ2) is 12.4. The van der Waals surface area contributed by atoms with Gasteiger partial charge in [-0.1, -0.05) is 72.8 Å². The summed E-state index contributed by atoms with van der Waals surface area (Å²) in [5.41, 5.74) is 4.85. The molecule has 8 nitrogen and oxygen atoms in total. The third kappa shape index (κ3) is 5.77. The van der Waals surface area contributed by atoms with Crippen LogP contribution in [0, 0.1) is 0 Å². The molecule has 4 aromatic carbocycles. The zero-order valence-corrected chi connectivity index (χ0v) is 17.8. The predicted octanol–water partition coefficient (Wildman–Crippen LogP) is 3.62. The number of aromatic nitrogens is 2. The standard InChI is InChI=1S/2C12H9N.2CH2O3/c2*1-3-7-11-9(5-1)10-6-2-4-8-12(10)13-11;2*2-1-4-3/h2*1-8,13H;2*1,3H/p-1. The lowest BCUT2D eigenvalue weighted by atomic mass is 10.2. The lowest BCUT2D eigenvalue weighted by molar-refractivity contribution is -0.652. The first-order valence-electron chi connectivity index (χ1n) is 10.1. The summed E-state index contributed by atoms with van der Waals surface area (Å²) < 4.78 is 0. The van der Waals surface area contributed by atoms with Crippen LogP contribution in [0.25, 0.3) is 43.6 Å². The van der Waals surface area contributed by atoms with Crippen molar-refractivity contribution >= 4 is 56.6 Å². The zero-order valence-electron chi connectivity index (χ0n) is 18.8. The lowest BCUT2D eigenvalue weighted by Gasteiger charge is -1.88. The number of rotatable bonds is 2. The van der Waals surface area contributed by atoms with Crippen molar-refractivity contribution in [3.05, 3.63) is 97.1 Å². The number of benzene rings is 4. The molecule has 34 heavy (non-hydrogen) atoms. The SMILES string of the molecule is O=CO[O-].O=CO[O-].[H+].c1ccc2c(c1)[nH]c1ccccc12.c1ccc2c(c1)[nH]c1ccccc12. The molecule has 0 radical (unpaired) electrons. The first-order chi connectivity index (χ1) is 16.7. The van der Waals surface area contributed by atoms with Crippen molar-refractivity contribution in [3.63, 3.8) is 0 Å². The van der Waals surface area contributed by atoms with Gasteiger partial charge in [0.15, 0.2) is 0 Å². The van der Waals surface area contributed by atoms with Crippen LogP contribution in [0.1, 0.15) is 1.43 Å². The van der Waals surface area contributed by atoms with E-state index in [0.29, 0.717) is 0 Å². The summed E-state index contributed by atoms with van der Waals surface area (Å²) in [5.74, 6) is 0. The van der Waals surface area contributed by atoms with E-state index in [1.165, 1.54) is 43.6 Å². The molecule has 0 amide bonds. The molecule has 2 N–H and O–H groups in total. The Kier molecular flexibility index (Phi) is 8.75. The first kappa shape index (κ1) is 24.0. The maximum atomic E-state index is 8.64. The zero-order chi connectivity index (χ0) is 24.2. The Hall–Kier alpha value is -4.66. The van der Waals surface area contributed by atoms with Gasteiger partial charge in [-0.25, -0.2) is 0 Å². The predicted molar refractivity (Wildman–Crippen MR) is 127 cm³/mol. The average molecular weight is 457 g/mol. The van der Waals surface area contributed by atoms with E-state index in [0.717, 1.165) is 0 Å². The largest absolute Gasteiger partial charge is 1.00 e. The van der Waals surface area contributed by atoms with Crippen LogP contribution in [0.3, 0.4) is 0 Å². The fourth-order valence-electron chi connectivity index (χ4n) is 3.60. The van der Waals surface area contributed by atoms with Crippen LogP contribution in [0.15, 0.2) is 97.1 Å². The molecule has 0 aliphatic rings. The minimum absolute atomic E-state index is 0. The molecular weight excluding hydrogens is 436 g/mol. The van der Waals surface area contributed by atoms with E-state index in [4.69, 9.17) is 20.1 Å². The molecule has 6 aromatic rings. The van der Waals surface area contributed by atoms with Crippen molar-refractivity contribution in [3.8, 4) is 0 Å². The van der Waals surface area contributed by atoms with E-state index < -0.39 is 0 Å². The Bertz CT molecular complexity index is 1280. The molecule has 2 heterocycles. The molecule has 0 fully saturated rings. The Morgan fingerprint density at radius 2 is 0.706 bits per heavy atom. The van der Waals surface area contributed by atoms with Gasteiger partial charge in [0.25, 0.3) is 12.9 Å². The summed E-state index contributed by atoms with van der Waals surface area (Å²) in [4.78, 5) is 29.3. The van der Waals surface area contributed by atoms with Gasteiger partial charge >= 0.3 is 1.43 Å². The number of H-pyrrole nitrogens is 2. The van der Waals surface area contributed by atoms with Crippen molar-refractivity contribution in [2.24, 2.45) is 0 Å². The average Bonchev–Trinajstić information content (AvgIpc) is 3.48. The summed E-state index contributed by atoms with van der Waals surface area (Å²) in [5, 5.41) is 22.1. The summed E-state index contributed by atoms with van der Waals surface area (Å²) in [6, 6.07) is 33.5. The van der Waals surface area contributed by atoms with Gasteiger partial charge in [-0.05, 0) is 24.3 Å². The monoisotopic (exact) mass is 457 g/mol. The normalized spacial score (nSPS) is 9.71. The number of carbonyl (C=O) groups excluding carboxylic acids is 2. The van der Waals surface area contributed by atoms with Crippen molar-refractivity contribution in [1.29, 1.82) is 0 Å². The highest BCUT2D eigenvalue weighted by molar-refractivity contribution is 6.07. The first-order valence-corrected chi connectivity index (χ1v) is 10.1. The number of hydrogen-bond donors (Lipinski definition) is 2. The molecule has 0 unspecified atom stereocenters. The molecule has 2 aromatic heterocycles. The van der Waals surface area contributed by atoms with Crippen molar-refractivity contribution in [2.45, 2.75) is 0 Å². The molecule has 8 heteroatoms. The summed E-state index contributed by atoms with van der Waals surface area (Å²) >= 11 is 0. The number of para-hydroxylation sites is 4. The highest BCUT2D eigenvalue weighted by Crippen LogP contribution is 2.25.